The predicted molar refractivity (Wildman–Crippen MR) is 66.3 cm³/mol. The van der Waals surface area contributed by atoms with Gasteiger partial charge in [0.25, 0.3) is 0 Å². The molecule has 0 saturated heterocycles. The standard InChI is InChI=1S/C12H14ClNO3/c1-7(2)12(17)14-4-3-8-5-10(15)11(16)6-9(8)13/h5-6,15-16H,1,3-4H2,2H3,(H,14,17). The van der Waals surface area contributed by atoms with Crippen LogP contribution in [0.15, 0.2) is 24.3 Å². The molecule has 17 heavy (non-hydrogen) atoms. The van der Waals surface area contributed by atoms with E-state index >= 15 is 0 Å². The smallest absolute Gasteiger partial charge is 0.246 e. The van der Waals surface area contributed by atoms with Crippen LogP contribution in [0.3, 0.4) is 0 Å². The van der Waals surface area contributed by atoms with Crippen molar-refractivity contribution in [1.82, 2.24) is 5.32 Å². The summed E-state index contributed by atoms with van der Waals surface area (Å²) < 4.78 is 0. The van der Waals surface area contributed by atoms with Crippen LogP contribution in [-0.2, 0) is 11.2 Å². The van der Waals surface area contributed by atoms with Gasteiger partial charge in [-0.15, -0.1) is 0 Å². The molecule has 0 radical (unpaired) electrons. The Labute approximate surface area is 105 Å². The van der Waals surface area contributed by atoms with E-state index in [1.54, 1.807) is 6.92 Å². The van der Waals surface area contributed by atoms with Crippen molar-refractivity contribution in [3.05, 3.63) is 34.9 Å². The fraction of sp³-hybridized carbons (Fsp3) is 0.250. The Balaban J connectivity index is 2.61. The maximum atomic E-state index is 11.2. The number of carbonyl (C=O) groups excluding carboxylic acids is 1. The van der Waals surface area contributed by atoms with Gasteiger partial charge in [0.05, 0.1) is 0 Å². The highest BCUT2D eigenvalue weighted by Gasteiger charge is 2.07. The van der Waals surface area contributed by atoms with Crippen LogP contribution in [0.5, 0.6) is 11.5 Å². The van der Waals surface area contributed by atoms with Gasteiger partial charge < -0.3 is 15.5 Å². The first-order valence-electron chi connectivity index (χ1n) is 5.06. The first kappa shape index (κ1) is 13.4. The lowest BCUT2D eigenvalue weighted by Crippen LogP contribution is -2.25. The zero-order valence-electron chi connectivity index (χ0n) is 9.46. The van der Waals surface area contributed by atoms with Crippen LogP contribution >= 0.6 is 11.6 Å². The van der Waals surface area contributed by atoms with Gasteiger partial charge in [0.1, 0.15) is 0 Å². The minimum absolute atomic E-state index is 0.218. The lowest BCUT2D eigenvalue weighted by molar-refractivity contribution is -0.117. The van der Waals surface area contributed by atoms with Crippen LogP contribution in [0, 0.1) is 0 Å². The molecule has 4 nitrogen and oxygen atoms in total. The number of hydrogen-bond acceptors (Lipinski definition) is 3. The average Bonchev–Trinajstić information content (AvgIpc) is 2.25. The summed E-state index contributed by atoms with van der Waals surface area (Å²) in [5.74, 6) is -0.704. The second-order valence-electron chi connectivity index (χ2n) is 3.72. The summed E-state index contributed by atoms with van der Waals surface area (Å²) in [4.78, 5) is 11.2. The fourth-order valence-corrected chi connectivity index (χ4v) is 1.50. The number of halogens is 1. The molecule has 0 spiro atoms. The SMILES string of the molecule is C=C(C)C(=O)NCCc1cc(O)c(O)cc1Cl. The molecule has 1 amide bonds. The van der Waals surface area contributed by atoms with Crippen molar-refractivity contribution in [2.24, 2.45) is 0 Å². The maximum absolute atomic E-state index is 11.2. The van der Waals surface area contributed by atoms with Gasteiger partial charge in [0, 0.05) is 23.2 Å². The molecule has 0 bridgehead atoms. The summed E-state index contributed by atoms with van der Waals surface area (Å²) in [5.41, 5.74) is 1.09. The first-order valence-corrected chi connectivity index (χ1v) is 5.43. The molecule has 0 aliphatic carbocycles. The van der Waals surface area contributed by atoms with Crippen LogP contribution in [0.25, 0.3) is 0 Å². The van der Waals surface area contributed by atoms with E-state index in [-0.39, 0.29) is 17.4 Å². The van der Waals surface area contributed by atoms with Gasteiger partial charge >= 0.3 is 0 Å². The van der Waals surface area contributed by atoms with Crippen molar-refractivity contribution in [3.63, 3.8) is 0 Å². The number of aromatic hydroxyl groups is 2. The minimum atomic E-state index is -0.260. The molecule has 0 aromatic heterocycles. The molecule has 0 aliphatic rings. The Bertz CT molecular complexity index is 457. The quantitative estimate of drug-likeness (QED) is 0.569. The highest BCUT2D eigenvalue weighted by Crippen LogP contribution is 2.31. The molecule has 0 aliphatic heterocycles. The summed E-state index contributed by atoms with van der Waals surface area (Å²) in [7, 11) is 0. The molecule has 92 valence electrons. The number of phenols is 2. The van der Waals surface area contributed by atoms with Gasteiger partial charge in [-0.25, -0.2) is 0 Å². The third kappa shape index (κ3) is 3.67. The van der Waals surface area contributed by atoms with Crippen LogP contribution in [0.2, 0.25) is 5.02 Å². The molecule has 0 atom stereocenters. The maximum Gasteiger partial charge on any atom is 0.246 e. The Morgan fingerprint density at radius 1 is 1.41 bits per heavy atom. The van der Waals surface area contributed by atoms with Gasteiger partial charge in [-0.2, -0.15) is 0 Å². The van der Waals surface area contributed by atoms with Crippen molar-refractivity contribution < 1.29 is 15.0 Å². The average molecular weight is 256 g/mol. The second kappa shape index (κ2) is 5.59. The number of amides is 1. The number of rotatable bonds is 4. The summed E-state index contributed by atoms with van der Waals surface area (Å²) in [6.07, 6.45) is 0.464. The molecular formula is C12H14ClNO3. The number of hydrogen-bond donors (Lipinski definition) is 3. The number of benzene rings is 1. The molecule has 1 rings (SSSR count). The minimum Gasteiger partial charge on any atom is -0.504 e. The fourth-order valence-electron chi connectivity index (χ4n) is 1.25. The summed E-state index contributed by atoms with van der Waals surface area (Å²) >= 11 is 5.88. The molecule has 5 heteroatoms. The molecule has 0 unspecified atom stereocenters. The van der Waals surface area contributed by atoms with E-state index in [0.29, 0.717) is 29.1 Å². The van der Waals surface area contributed by atoms with Gasteiger partial charge in [0.15, 0.2) is 11.5 Å². The second-order valence-corrected chi connectivity index (χ2v) is 4.13. The lowest BCUT2D eigenvalue weighted by atomic mass is 10.1. The van der Waals surface area contributed by atoms with Gasteiger partial charge in [-0.3, -0.25) is 4.79 Å². The molecule has 0 saturated carbocycles. The number of carbonyl (C=O) groups is 1. The van der Waals surface area contributed by atoms with Gasteiger partial charge in [0.2, 0.25) is 5.91 Å². The van der Waals surface area contributed by atoms with E-state index in [1.165, 1.54) is 12.1 Å². The Morgan fingerprint density at radius 2 is 2.00 bits per heavy atom. The highest BCUT2D eigenvalue weighted by atomic mass is 35.5. The van der Waals surface area contributed by atoms with Crippen LogP contribution in [-0.4, -0.2) is 22.7 Å². The lowest BCUT2D eigenvalue weighted by Gasteiger charge is -2.08. The number of nitrogens with one attached hydrogen (secondary N) is 1. The molecule has 0 fully saturated rings. The van der Waals surface area contributed by atoms with Crippen molar-refractivity contribution >= 4 is 17.5 Å². The number of phenolic OH excluding ortho intramolecular Hbond substituents is 2. The molecule has 3 N–H and O–H groups in total. The van der Waals surface area contributed by atoms with Crippen molar-refractivity contribution in [2.45, 2.75) is 13.3 Å². The topological polar surface area (TPSA) is 69.6 Å². The summed E-state index contributed by atoms with van der Waals surface area (Å²) in [6, 6.07) is 2.65. The van der Waals surface area contributed by atoms with E-state index in [2.05, 4.69) is 11.9 Å². The van der Waals surface area contributed by atoms with E-state index < -0.39 is 0 Å². The molecule has 1 aromatic rings. The third-order valence-electron chi connectivity index (χ3n) is 2.21. The van der Waals surface area contributed by atoms with E-state index in [1.807, 2.05) is 0 Å². The van der Waals surface area contributed by atoms with Gasteiger partial charge in [-0.1, -0.05) is 18.2 Å². The van der Waals surface area contributed by atoms with Crippen molar-refractivity contribution in [3.8, 4) is 11.5 Å². The zero-order valence-corrected chi connectivity index (χ0v) is 10.2. The summed E-state index contributed by atoms with van der Waals surface area (Å²) in [6.45, 7) is 5.52. The Kier molecular flexibility index (Phi) is 4.40. The predicted octanol–water partition coefficient (Wildman–Crippen LogP) is 1.99. The Morgan fingerprint density at radius 3 is 2.59 bits per heavy atom. The van der Waals surface area contributed by atoms with Gasteiger partial charge in [-0.05, 0) is 25.0 Å². The highest BCUT2D eigenvalue weighted by molar-refractivity contribution is 6.31. The third-order valence-corrected chi connectivity index (χ3v) is 2.56. The molecular weight excluding hydrogens is 242 g/mol. The van der Waals surface area contributed by atoms with Crippen molar-refractivity contribution in [2.75, 3.05) is 6.54 Å². The summed E-state index contributed by atoms with van der Waals surface area (Å²) in [5, 5.41) is 21.5. The Hall–Kier alpha value is -1.68. The largest absolute Gasteiger partial charge is 0.504 e. The zero-order chi connectivity index (χ0) is 13.0. The monoisotopic (exact) mass is 255 g/mol. The molecule has 1 aromatic carbocycles. The van der Waals surface area contributed by atoms with E-state index in [9.17, 15) is 15.0 Å². The van der Waals surface area contributed by atoms with Crippen LogP contribution in [0.4, 0.5) is 0 Å². The van der Waals surface area contributed by atoms with E-state index in [4.69, 9.17) is 11.6 Å². The van der Waals surface area contributed by atoms with Crippen molar-refractivity contribution in [1.29, 1.82) is 0 Å². The van der Waals surface area contributed by atoms with E-state index in [0.717, 1.165) is 0 Å². The first-order chi connectivity index (χ1) is 7.91. The van der Waals surface area contributed by atoms with Crippen LogP contribution < -0.4 is 5.32 Å². The van der Waals surface area contributed by atoms with Crippen LogP contribution in [0.1, 0.15) is 12.5 Å². The normalized spacial score (nSPS) is 10.0. The molecule has 0 heterocycles.